The highest BCUT2D eigenvalue weighted by Gasteiger charge is 2.24. The Balaban J connectivity index is 2.37. The molecule has 3 heteroatoms. The fraction of sp³-hybridized carbons (Fsp3) is 0.857. The Morgan fingerprint density at radius 1 is 1.80 bits per heavy atom. The van der Waals surface area contributed by atoms with E-state index in [9.17, 15) is 4.79 Å². The van der Waals surface area contributed by atoms with Gasteiger partial charge in [0.1, 0.15) is 0 Å². The minimum Gasteiger partial charge on any atom is -0.306 e. The van der Waals surface area contributed by atoms with Crippen molar-refractivity contribution in [3.8, 4) is 0 Å². The number of ketones is 1. The van der Waals surface area contributed by atoms with E-state index in [4.69, 9.17) is 11.6 Å². The summed E-state index contributed by atoms with van der Waals surface area (Å²) >= 11 is 5.41. The minimum atomic E-state index is 0.179. The van der Waals surface area contributed by atoms with Gasteiger partial charge in [0.15, 0.2) is 5.78 Å². The van der Waals surface area contributed by atoms with Crippen LogP contribution in [0.1, 0.15) is 6.42 Å². The molecule has 1 rings (SSSR count). The van der Waals surface area contributed by atoms with E-state index in [-0.39, 0.29) is 17.6 Å². The van der Waals surface area contributed by atoms with Crippen LogP contribution in [0.3, 0.4) is 0 Å². The van der Waals surface area contributed by atoms with E-state index < -0.39 is 0 Å². The van der Waals surface area contributed by atoms with Crippen molar-refractivity contribution >= 4 is 17.4 Å². The van der Waals surface area contributed by atoms with Crippen LogP contribution in [0.25, 0.3) is 0 Å². The van der Waals surface area contributed by atoms with E-state index >= 15 is 0 Å². The molecule has 1 aliphatic rings. The Morgan fingerprint density at radius 3 is 2.90 bits per heavy atom. The molecular weight excluding hydrogens is 150 g/mol. The molecule has 1 atom stereocenters. The van der Waals surface area contributed by atoms with Crippen molar-refractivity contribution in [3.63, 3.8) is 0 Å². The van der Waals surface area contributed by atoms with Crippen LogP contribution in [0.2, 0.25) is 0 Å². The van der Waals surface area contributed by atoms with Crippen LogP contribution in [0, 0.1) is 5.92 Å². The molecule has 1 aliphatic heterocycles. The number of alkyl halides is 1. The van der Waals surface area contributed by atoms with Crippen LogP contribution < -0.4 is 0 Å². The van der Waals surface area contributed by atoms with Crippen LogP contribution in [-0.4, -0.2) is 36.7 Å². The molecule has 0 aliphatic carbocycles. The summed E-state index contributed by atoms with van der Waals surface area (Å²) in [5.41, 5.74) is 0. The van der Waals surface area contributed by atoms with Gasteiger partial charge in [-0.05, 0) is 20.0 Å². The summed E-state index contributed by atoms with van der Waals surface area (Å²) in [4.78, 5) is 13.2. The van der Waals surface area contributed by atoms with Gasteiger partial charge in [0.2, 0.25) is 0 Å². The average Bonchev–Trinajstić information content (AvgIpc) is 2.34. The zero-order valence-electron chi connectivity index (χ0n) is 6.14. The first-order chi connectivity index (χ1) is 4.74. The van der Waals surface area contributed by atoms with E-state index in [1.165, 1.54) is 0 Å². The Hall–Kier alpha value is -0.0800. The molecule has 0 spiro atoms. The Labute approximate surface area is 66.1 Å². The van der Waals surface area contributed by atoms with Gasteiger partial charge in [-0.15, -0.1) is 11.6 Å². The Morgan fingerprint density at radius 2 is 2.50 bits per heavy atom. The average molecular weight is 162 g/mol. The zero-order valence-corrected chi connectivity index (χ0v) is 6.90. The number of halogens is 1. The molecule has 2 nitrogen and oxygen atoms in total. The van der Waals surface area contributed by atoms with Crippen molar-refractivity contribution in [2.75, 3.05) is 26.0 Å². The molecule has 1 fully saturated rings. The number of hydrogen-bond acceptors (Lipinski definition) is 2. The first-order valence-electron chi connectivity index (χ1n) is 3.51. The lowest BCUT2D eigenvalue weighted by Crippen LogP contribution is -2.20. The van der Waals surface area contributed by atoms with Crippen molar-refractivity contribution < 1.29 is 4.79 Å². The molecule has 1 saturated heterocycles. The van der Waals surface area contributed by atoms with Crippen molar-refractivity contribution in [1.82, 2.24) is 4.90 Å². The number of carbonyl (C=O) groups is 1. The number of likely N-dealkylation sites (tertiary alicyclic amines) is 1. The van der Waals surface area contributed by atoms with E-state index in [0.29, 0.717) is 0 Å². The summed E-state index contributed by atoms with van der Waals surface area (Å²) in [6.45, 7) is 1.93. The number of Topliss-reactive ketones (excluding diaryl/α,β-unsaturated/α-hetero) is 1. The molecule has 1 heterocycles. The Kier molecular flexibility index (Phi) is 2.69. The maximum Gasteiger partial charge on any atom is 0.151 e. The molecular formula is C7H12ClNO. The number of hydrogen-bond donors (Lipinski definition) is 0. The predicted octanol–water partition coefficient (Wildman–Crippen LogP) is 0.746. The van der Waals surface area contributed by atoms with Gasteiger partial charge in [-0.1, -0.05) is 0 Å². The summed E-state index contributed by atoms with van der Waals surface area (Å²) < 4.78 is 0. The van der Waals surface area contributed by atoms with E-state index in [1.807, 2.05) is 7.05 Å². The molecule has 0 aromatic carbocycles. The molecule has 58 valence electrons. The van der Waals surface area contributed by atoms with Gasteiger partial charge >= 0.3 is 0 Å². The maximum absolute atomic E-state index is 11.0. The molecule has 0 amide bonds. The molecule has 0 aromatic heterocycles. The lowest BCUT2D eigenvalue weighted by molar-refractivity contribution is -0.120. The van der Waals surface area contributed by atoms with Gasteiger partial charge in [0, 0.05) is 12.5 Å². The van der Waals surface area contributed by atoms with Crippen molar-refractivity contribution in [1.29, 1.82) is 0 Å². The third-order valence-electron chi connectivity index (χ3n) is 1.98. The molecule has 1 unspecified atom stereocenters. The summed E-state index contributed by atoms with van der Waals surface area (Å²) in [5, 5.41) is 0. The Bertz CT molecular complexity index is 138. The summed E-state index contributed by atoms with van der Waals surface area (Å²) in [6, 6.07) is 0. The van der Waals surface area contributed by atoms with E-state index in [2.05, 4.69) is 4.90 Å². The van der Waals surface area contributed by atoms with E-state index in [0.717, 1.165) is 19.5 Å². The van der Waals surface area contributed by atoms with Gasteiger partial charge < -0.3 is 4.90 Å². The third-order valence-corrected chi connectivity index (χ3v) is 2.24. The standard InChI is InChI=1S/C7H12ClNO/c1-9-3-2-6(5-9)7(10)4-8/h6H,2-5H2,1H3. The fourth-order valence-electron chi connectivity index (χ4n) is 1.31. The lowest BCUT2D eigenvalue weighted by atomic mass is 10.1. The van der Waals surface area contributed by atoms with Gasteiger partial charge in [0.05, 0.1) is 5.88 Å². The quantitative estimate of drug-likeness (QED) is 0.557. The molecule has 0 N–H and O–H groups in total. The van der Waals surface area contributed by atoms with Crippen LogP contribution in [0.5, 0.6) is 0 Å². The topological polar surface area (TPSA) is 20.3 Å². The first kappa shape index (κ1) is 8.02. The van der Waals surface area contributed by atoms with Gasteiger partial charge in [-0.2, -0.15) is 0 Å². The molecule has 0 aromatic rings. The number of rotatable bonds is 2. The van der Waals surface area contributed by atoms with E-state index in [1.54, 1.807) is 0 Å². The second kappa shape index (κ2) is 3.35. The lowest BCUT2D eigenvalue weighted by Gasteiger charge is -2.06. The zero-order chi connectivity index (χ0) is 7.56. The molecule has 0 saturated carbocycles. The summed E-state index contributed by atoms with van der Waals surface area (Å²) in [7, 11) is 2.03. The predicted molar refractivity (Wildman–Crippen MR) is 41.3 cm³/mol. The van der Waals surface area contributed by atoms with Gasteiger partial charge in [0.25, 0.3) is 0 Å². The highest BCUT2D eigenvalue weighted by Crippen LogP contribution is 2.15. The van der Waals surface area contributed by atoms with Crippen LogP contribution >= 0.6 is 11.6 Å². The smallest absolute Gasteiger partial charge is 0.151 e. The monoisotopic (exact) mass is 161 g/mol. The molecule has 10 heavy (non-hydrogen) atoms. The number of carbonyl (C=O) groups excluding carboxylic acids is 1. The van der Waals surface area contributed by atoms with Gasteiger partial charge in [-0.25, -0.2) is 0 Å². The molecule has 0 radical (unpaired) electrons. The number of nitrogens with zero attached hydrogens (tertiary/aromatic N) is 1. The first-order valence-corrected chi connectivity index (χ1v) is 4.04. The highest BCUT2D eigenvalue weighted by molar-refractivity contribution is 6.27. The summed E-state index contributed by atoms with van der Waals surface area (Å²) in [5.74, 6) is 0.590. The maximum atomic E-state index is 11.0. The second-order valence-corrected chi connectivity index (χ2v) is 3.12. The fourth-order valence-corrected chi connectivity index (χ4v) is 1.53. The minimum absolute atomic E-state index is 0.179. The molecule has 0 bridgehead atoms. The van der Waals surface area contributed by atoms with Crippen LogP contribution in [0.15, 0.2) is 0 Å². The van der Waals surface area contributed by atoms with Crippen LogP contribution in [0.4, 0.5) is 0 Å². The highest BCUT2D eigenvalue weighted by atomic mass is 35.5. The van der Waals surface area contributed by atoms with Crippen molar-refractivity contribution in [2.45, 2.75) is 6.42 Å². The van der Waals surface area contributed by atoms with Crippen LogP contribution in [-0.2, 0) is 4.79 Å². The SMILES string of the molecule is CN1CCC(C(=O)CCl)C1. The van der Waals surface area contributed by atoms with Gasteiger partial charge in [-0.3, -0.25) is 4.79 Å². The summed E-state index contributed by atoms with van der Waals surface area (Å²) in [6.07, 6.45) is 0.988. The largest absolute Gasteiger partial charge is 0.306 e. The van der Waals surface area contributed by atoms with Crippen molar-refractivity contribution in [3.05, 3.63) is 0 Å². The normalized spacial score (nSPS) is 27.2. The third kappa shape index (κ3) is 1.70. The van der Waals surface area contributed by atoms with Crippen molar-refractivity contribution in [2.24, 2.45) is 5.92 Å². The second-order valence-electron chi connectivity index (χ2n) is 2.85.